The molecular formula is C8H6ClNS. The van der Waals surface area contributed by atoms with E-state index < -0.39 is 0 Å². The van der Waals surface area contributed by atoms with Crippen molar-refractivity contribution in [3.63, 3.8) is 0 Å². The van der Waals surface area contributed by atoms with Crippen molar-refractivity contribution in [2.75, 3.05) is 5.32 Å². The van der Waals surface area contributed by atoms with Gasteiger partial charge < -0.3 is 5.32 Å². The van der Waals surface area contributed by atoms with Crippen LogP contribution in [0.1, 0.15) is 5.56 Å². The molecule has 0 fully saturated rings. The summed E-state index contributed by atoms with van der Waals surface area (Å²) in [6.07, 6.45) is 0.849. The van der Waals surface area contributed by atoms with Crippen LogP contribution in [0.2, 0.25) is 5.02 Å². The molecule has 3 heteroatoms. The maximum atomic E-state index is 5.79. The number of nitrogens with one attached hydrogen (secondary N) is 1. The first-order valence-corrected chi connectivity index (χ1v) is 4.12. The number of rotatable bonds is 0. The Kier molecular flexibility index (Phi) is 1.59. The minimum atomic E-state index is 0.751. The highest BCUT2D eigenvalue weighted by atomic mass is 35.5. The summed E-state index contributed by atoms with van der Waals surface area (Å²) in [5.41, 5.74) is 2.29. The highest BCUT2D eigenvalue weighted by molar-refractivity contribution is 7.80. The lowest BCUT2D eigenvalue weighted by molar-refractivity contribution is 1.43. The second-order valence-electron chi connectivity index (χ2n) is 2.53. The molecular weight excluding hydrogens is 178 g/mol. The molecule has 0 unspecified atom stereocenters. The van der Waals surface area contributed by atoms with Crippen molar-refractivity contribution >= 4 is 34.5 Å². The molecule has 0 bridgehead atoms. The Balaban J connectivity index is 2.51. The Morgan fingerprint density at radius 2 is 2.27 bits per heavy atom. The van der Waals surface area contributed by atoms with E-state index in [2.05, 4.69) is 5.32 Å². The number of hydrogen-bond acceptors (Lipinski definition) is 1. The maximum absolute atomic E-state index is 5.79. The SMILES string of the molecule is S=C1Cc2ccc(Cl)cc2N1. The van der Waals surface area contributed by atoms with Gasteiger partial charge in [-0.25, -0.2) is 0 Å². The maximum Gasteiger partial charge on any atom is 0.0842 e. The first-order chi connectivity index (χ1) is 5.25. The van der Waals surface area contributed by atoms with Gasteiger partial charge in [0.1, 0.15) is 0 Å². The molecule has 0 aromatic heterocycles. The van der Waals surface area contributed by atoms with E-state index in [-0.39, 0.29) is 0 Å². The van der Waals surface area contributed by atoms with Gasteiger partial charge in [-0.05, 0) is 17.7 Å². The van der Waals surface area contributed by atoms with Crippen LogP contribution in [-0.4, -0.2) is 4.99 Å². The van der Waals surface area contributed by atoms with Crippen molar-refractivity contribution in [3.8, 4) is 0 Å². The van der Waals surface area contributed by atoms with Crippen LogP contribution in [-0.2, 0) is 6.42 Å². The topological polar surface area (TPSA) is 12.0 Å². The zero-order chi connectivity index (χ0) is 7.84. The summed E-state index contributed by atoms with van der Waals surface area (Å²) in [5, 5.41) is 3.84. The summed E-state index contributed by atoms with van der Waals surface area (Å²) in [5.74, 6) is 0. The molecule has 1 N–H and O–H groups in total. The van der Waals surface area contributed by atoms with Crippen molar-refractivity contribution in [1.29, 1.82) is 0 Å². The molecule has 0 saturated carbocycles. The van der Waals surface area contributed by atoms with Gasteiger partial charge in [-0.15, -0.1) is 0 Å². The van der Waals surface area contributed by atoms with E-state index in [0.29, 0.717) is 0 Å². The van der Waals surface area contributed by atoms with Gasteiger partial charge in [0.05, 0.1) is 4.99 Å². The first-order valence-electron chi connectivity index (χ1n) is 3.34. The molecule has 0 amide bonds. The lowest BCUT2D eigenvalue weighted by Crippen LogP contribution is -2.00. The molecule has 0 aliphatic carbocycles. The Bertz CT molecular complexity index is 322. The Labute approximate surface area is 75.4 Å². The van der Waals surface area contributed by atoms with Crippen LogP contribution < -0.4 is 5.32 Å². The largest absolute Gasteiger partial charge is 0.349 e. The summed E-state index contributed by atoms with van der Waals surface area (Å²) in [4.78, 5) is 0.877. The van der Waals surface area contributed by atoms with Gasteiger partial charge in [-0.1, -0.05) is 29.9 Å². The van der Waals surface area contributed by atoms with Crippen molar-refractivity contribution in [1.82, 2.24) is 0 Å². The molecule has 1 aromatic carbocycles. The van der Waals surface area contributed by atoms with Crippen LogP contribution >= 0.6 is 23.8 Å². The first kappa shape index (κ1) is 7.07. The Morgan fingerprint density at radius 1 is 1.45 bits per heavy atom. The van der Waals surface area contributed by atoms with Gasteiger partial charge >= 0.3 is 0 Å². The third-order valence-electron chi connectivity index (χ3n) is 1.70. The van der Waals surface area contributed by atoms with Crippen LogP contribution in [0, 0.1) is 0 Å². The molecule has 0 saturated heterocycles. The molecule has 0 radical (unpaired) electrons. The van der Waals surface area contributed by atoms with Gasteiger partial charge in [0.25, 0.3) is 0 Å². The minimum Gasteiger partial charge on any atom is -0.349 e. The summed E-state index contributed by atoms with van der Waals surface area (Å²) in [7, 11) is 0. The molecule has 1 nitrogen and oxygen atoms in total. The fraction of sp³-hybridized carbons (Fsp3) is 0.125. The fourth-order valence-electron chi connectivity index (χ4n) is 1.19. The van der Waals surface area contributed by atoms with E-state index in [1.165, 1.54) is 5.56 Å². The van der Waals surface area contributed by atoms with Crippen molar-refractivity contribution in [3.05, 3.63) is 28.8 Å². The van der Waals surface area contributed by atoms with E-state index in [0.717, 1.165) is 22.1 Å². The normalized spacial score (nSPS) is 14.5. The summed E-state index contributed by atoms with van der Waals surface area (Å²) in [6, 6.07) is 5.79. The van der Waals surface area contributed by atoms with Crippen molar-refractivity contribution in [2.45, 2.75) is 6.42 Å². The molecule has 2 rings (SSSR count). The average molecular weight is 184 g/mol. The van der Waals surface area contributed by atoms with Gasteiger partial charge in [-0.3, -0.25) is 0 Å². The molecule has 56 valence electrons. The molecule has 11 heavy (non-hydrogen) atoms. The lowest BCUT2D eigenvalue weighted by atomic mass is 10.2. The molecule has 0 atom stereocenters. The Hall–Kier alpha value is -0.600. The molecule has 1 heterocycles. The minimum absolute atomic E-state index is 0.751. The number of thiocarbonyl (C=S) groups is 1. The third-order valence-corrected chi connectivity index (χ3v) is 2.18. The summed E-state index contributed by atoms with van der Waals surface area (Å²) in [6.45, 7) is 0. The number of benzene rings is 1. The van der Waals surface area contributed by atoms with Crippen LogP contribution in [0.3, 0.4) is 0 Å². The van der Waals surface area contributed by atoms with Crippen LogP contribution in [0.5, 0.6) is 0 Å². The molecule has 0 spiro atoms. The van der Waals surface area contributed by atoms with Crippen molar-refractivity contribution in [2.24, 2.45) is 0 Å². The Morgan fingerprint density at radius 3 is 3.09 bits per heavy atom. The van der Waals surface area contributed by atoms with Gasteiger partial charge in [0.15, 0.2) is 0 Å². The predicted molar refractivity (Wildman–Crippen MR) is 51.4 cm³/mol. The standard InChI is InChI=1S/C8H6ClNS/c9-6-2-1-5-3-8(11)10-7(5)4-6/h1-2,4H,3H2,(H,10,11). The van der Waals surface area contributed by atoms with Gasteiger partial charge in [-0.2, -0.15) is 0 Å². The third kappa shape index (κ3) is 1.24. The van der Waals surface area contributed by atoms with Crippen molar-refractivity contribution < 1.29 is 0 Å². The van der Waals surface area contributed by atoms with E-state index in [9.17, 15) is 0 Å². The number of hydrogen-bond donors (Lipinski definition) is 1. The quantitative estimate of drug-likeness (QED) is 0.621. The predicted octanol–water partition coefficient (Wildman–Crippen LogP) is 2.64. The second-order valence-corrected chi connectivity index (χ2v) is 3.46. The summed E-state index contributed by atoms with van der Waals surface area (Å²) >= 11 is 10.8. The highest BCUT2D eigenvalue weighted by Crippen LogP contribution is 2.26. The highest BCUT2D eigenvalue weighted by Gasteiger charge is 2.13. The fourth-order valence-corrected chi connectivity index (χ4v) is 1.62. The van der Waals surface area contributed by atoms with Gasteiger partial charge in [0, 0.05) is 17.1 Å². The number of anilines is 1. The van der Waals surface area contributed by atoms with E-state index in [1.807, 2.05) is 18.2 Å². The molecule has 1 aliphatic heterocycles. The number of halogens is 1. The van der Waals surface area contributed by atoms with Gasteiger partial charge in [0.2, 0.25) is 0 Å². The molecule has 1 aromatic rings. The van der Waals surface area contributed by atoms with Crippen LogP contribution in [0.15, 0.2) is 18.2 Å². The van der Waals surface area contributed by atoms with E-state index in [1.54, 1.807) is 0 Å². The zero-order valence-corrected chi connectivity index (χ0v) is 7.30. The molecule has 1 aliphatic rings. The summed E-state index contributed by atoms with van der Waals surface area (Å²) < 4.78 is 0. The second kappa shape index (κ2) is 2.47. The van der Waals surface area contributed by atoms with Crippen LogP contribution in [0.4, 0.5) is 5.69 Å². The number of fused-ring (bicyclic) bond motifs is 1. The average Bonchev–Trinajstić information content (AvgIpc) is 2.27. The van der Waals surface area contributed by atoms with Crippen LogP contribution in [0.25, 0.3) is 0 Å². The van der Waals surface area contributed by atoms with E-state index in [4.69, 9.17) is 23.8 Å². The smallest absolute Gasteiger partial charge is 0.0842 e. The lowest BCUT2D eigenvalue weighted by Gasteiger charge is -1.97. The zero-order valence-electron chi connectivity index (χ0n) is 5.73. The monoisotopic (exact) mass is 183 g/mol. The van der Waals surface area contributed by atoms with E-state index >= 15 is 0 Å².